The highest BCUT2D eigenvalue weighted by Crippen LogP contribution is 2.40. The van der Waals surface area contributed by atoms with Gasteiger partial charge in [-0.15, -0.1) is 11.3 Å². The number of nitrogens with one attached hydrogen (secondary N) is 1. The highest BCUT2D eigenvalue weighted by atomic mass is 32.2. The lowest BCUT2D eigenvalue weighted by Crippen LogP contribution is -2.43. The number of alkyl halides is 6. The van der Waals surface area contributed by atoms with Gasteiger partial charge in [-0.3, -0.25) is 9.59 Å². The van der Waals surface area contributed by atoms with E-state index in [4.69, 9.17) is 17.3 Å². The standard InChI is InChI=1S/C18H10F6N2O3S3/c19-17(20,21)10-1-8(2-11(4-10)18(22,23)24)9-3-12(31-7-9)5-13-15(29)26(16(30)32-13)25-6-14(27)28/h1-5,7,25H,6H2,(H,27,28)/b13-5-. The fourth-order valence-corrected chi connectivity index (χ4v) is 4.71. The molecule has 2 aromatic rings. The number of carbonyl (C=O) groups excluding carboxylic acids is 1. The lowest BCUT2D eigenvalue weighted by molar-refractivity contribution is -0.143. The van der Waals surface area contributed by atoms with Gasteiger partial charge in [-0.1, -0.05) is 24.0 Å². The van der Waals surface area contributed by atoms with Crippen LogP contribution in [0.4, 0.5) is 26.3 Å². The number of benzene rings is 1. The predicted octanol–water partition coefficient (Wildman–Crippen LogP) is 5.24. The third-order valence-corrected chi connectivity index (χ3v) is 6.18. The van der Waals surface area contributed by atoms with Gasteiger partial charge in [0.15, 0.2) is 4.32 Å². The molecular weight excluding hydrogens is 502 g/mol. The third kappa shape index (κ3) is 5.49. The smallest absolute Gasteiger partial charge is 0.416 e. The molecule has 0 bridgehead atoms. The van der Waals surface area contributed by atoms with Gasteiger partial charge < -0.3 is 5.11 Å². The molecule has 14 heteroatoms. The number of rotatable bonds is 5. The molecule has 0 saturated carbocycles. The Labute approximate surface area is 189 Å². The quantitative estimate of drug-likeness (QED) is 0.324. The van der Waals surface area contributed by atoms with Gasteiger partial charge in [0.2, 0.25) is 0 Å². The van der Waals surface area contributed by atoms with Crippen molar-refractivity contribution in [2.24, 2.45) is 0 Å². The Balaban J connectivity index is 1.92. The van der Waals surface area contributed by atoms with E-state index in [1.165, 1.54) is 17.5 Å². The van der Waals surface area contributed by atoms with Gasteiger partial charge in [0.1, 0.15) is 6.54 Å². The molecule has 0 unspecified atom stereocenters. The number of thiophene rings is 1. The summed E-state index contributed by atoms with van der Waals surface area (Å²) in [6.45, 7) is -0.556. The van der Waals surface area contributed by atoms with E-state index in [1.54, 1.807) is 0 Å². The van der Waals surface area contributed by atoms with Crippen LogP contribution in [0.5, 0.6) is 0 Å². The monoisotopic (exact) mass is 512 g/mol. The van der Waals surface area contributed by atoms with Crippen LogP contribution in [0.3, 0.4) is 0 Å². The van der Waals surface area contributed by atoms with Crippen molar-refractivity contribution in [1.82, 2.24) is 10.4 Å². The van der Waals surface area contributed by atoms with Crippen molar-refractivity contribution in [3.05, 3.63) is 50.6 Å². The van der Waals surface area contributed by atoms with Gasteiger partial charge >= 0.3 is 18.3 Å². The highest BCUT2D eigenvalue weighted by Gasteiger charge is 2.37. The second kappa shape index (κ2) is 8.84. The summed E-state index contributed by atoms with van der Waals surface area (Å²) in [5, 5.41) is 10.9. The number of aliphatic carboxylic acids is 1. The molecule has 170 valence electrons. The number of halogens is 6. The lowest BCUT2D eigenvalue weighted by Gasteiger charge is -2.13. The van der Waals surface area contributed by atoms with E-state index in [0.29, 0.717) is 17.0 Å². The molecule has 1 saturated heterocycles. The van der Waals surface area contributed by atoms with Crippen LogP contribution in [0, 0.1) is 0 Å². The van der Waals surface area contributed by atoms with E-state index < -0.39 is 41.9 Å². The number of hydrazine groups is 1. The summed E-state index contributed by atoms with van der Waals surface area (Å²) in [5.41, 5.74) is -0.691. The molecule has 0 radical (unpaired) electrons. The zero-order valence-electron chi connectivity index (χ0n) is 15.4. The lowest BCUT2D eigenvalue weighted by atomic mass is 10.0. The summed E-state index contributed by atoms with van der Waals surface area (Å²) in [5.74, 6) is -1.85. The number of thioether (sulfide) groups is 1. The molecule has 0 atom stereocenters. The summed E-state index contributed by atoms with van der Waals surface area (Å²) in [6, 6.07) is 2.64. The first kappa shape index (κ1) is 24.2. The van der Waals surface area contributed by atoms with Gasteiger partial charge in [-0.25, -0.2) is 10.4 Å². The average molecular weight is 512 g/mol. The van der Waals surface area contributed by atoms with Crippen molar-refractivity contribution in [1.29, 1.82) is 0 Å². The van der Waals surface area contributed by atoms with E-state index in [2.05, 4.69) is 5.43 Å². The molecule has 1 amide bonds. The van der Waals surface area contributed by atoms with Crippen molar-refractivity contribution < 1.29 is 41.0 Å². The average Bonchev–Trinajstić information content (AvgIpc) is 3.23. The molecule has 5 nitrogen and oxygen atoms in total. The minimum Gasteiger partial charge on any atom is -0.480 e. The normalized spacial score (nSPS) is 16.3. The van der Waals surface area contributed by atoms with Crippen molar-refractivity contribution in [3.63, 3.8) is 0 Å². The fourth-order valence-electron chi connectivity index (χ4n) is 2.58. The topological polar surface area (TPSA) is 69.6 Å². The molecule has 0 aliphatic carbocycles. The number of carbonyl (C=O) groups is 2. The number of thiocarbonyl (C=S) groups is 1. The molecule has 1 fully saturated rings. The van der Waals surface area contributed by atoms with E-state index >= 15 is 0 Å². The van der Waals surface area contributed by atoms with Crippen molar-refractivity contribution in [2.45, 2.75) is 12.4 Å². The second-order valence-electron chi connectivity index (χ2n) is 6.28. The van der Waals surface area contributed by atoms with Crippen LogP contribution in [0.1, 0.15) is 16.0 Å². The first-order valence-corrected chi connectivity index (χ1v) is 10.5. The van der Waals surface area contributed by atoms with Gasteiger partial charge in [0, 0.05) is 4.88 Å². The van der Waals surface area contributed by atoms with Crippen LogP contribution in [0.25, 0.3) is 17.2 Å². The Kier molecular flexibility index (Phi) is 6.70. The van der Waals surface area contributed by atoms with Crippen molar-refractivity contribution in [3.8, 4) is 11.1 Å². The zero-order chi connectivity index (χ0) is 23.8. The van der Waals surface area contributed by atoms with Crippen molar-refractivity contribution in [2.75, 3.05) is 6.54 Å². The second-order valence-corrected chi connectivity index (χ2v) is 8.90. The Bertz CT molecular complexity index is 1090. The summed E-state index contributed by atoms with van der Waals surface area (Å²) in [7, 11) is 0. The number of hydrogen-bond donors (Lipinski definition) is 2. The molecule has 0 spiro atoms. The Morgan fingerprint density at radius 2 is 1.66 bits per heavy atom. The van der Waals surface area contributed by atoms with Crippen LogP contribution in [-0.4, -0.2) is 32.9 Å². The molecule has 2 heterocycles. The van der Waals surface area contributed by atoms with Gasteiger partial charge in [-0.2, -0.15) is 26.3 Å². The molecule has 1 aliphatic rings. The largest absolute Gasteiger partial charge is 0.480 e. The third-order valence-electron chi connectivity index (χ3n) is 4.00. The van der Waals surface area contributed by atoms with Crippen molar-refractivity contribution >= 4 is 57.6 Å². The maximum Gasteiger partial charge on any atom is 0.416 e. The molecule has 1 aromatic carbocycles. The van der Waals surface area contributed by atoms with E-state index in [1.807, 2.05) is 0 Å². The molecule has 3 rings (SSSR count). The Morgan fingerprint density at radius 1 is 1.06 bits per heavy atom. The summed E-state index contributed by atoms with van der Waals surface area (Å²) in [6.07, 6.45) is -8.56. The predicted molar refractivity (Wildman–Crippen MR) is 110 cm³/mol. The Hall–Kier alpha value is -2.42. The number of nitrogens with zero attached hydrogens (tertiary/aromatic N) is 1. The molecular formula is C18H10F6N2O3S3. The van der Waals surface area contributed by atoms with Crippen LogP contribution >= 0.6 is 35.3 Å². The number of hydrogen-bond acceptors (Lipinski definition) is 6. The molecule has 32 heavy (non-hydrogen) atoms. The maximum absolute atomic E-state index is 13.1. The molecule has 1 aromatic heterocycles. The minimum absolute atomic E-state index is 0.0479. The number of carboxylic acids is 1. The molecule has 1 aliphatic heterocycles. The first-order chi connectivity index (χ1) is 14.8. The van der Waals surface area contributed by atoms with E-state index in [9.17, 15) is 35.9 Å². The summed E-state index contributed by atoms with van der Waals surface area (Å²) >= 11 is 6.87. The number of amides is 1. The van der Waals surface area contributed by atoms with Crippen LogP contribution in [-0.2, 0) is 21.9 Å². The van der Waals surface area contributed by atoms with E-state index in [-0.39, 0.29) is 26.4 Å². The minimum atomic E-state index is -4.97. The Morgan fingerprint density at radius 3 is 2.19 bits per heavy atom. The van der Waals surface area contributed by atoms with Gasteiger partial charge in [-0.05, 0) is 46.8 Å². The number of carboxylic acid groups (broad SMARTS) is 1. The van der Waals surface area contributed by atoms with Crippen LogP contribution < -0.4 is 5.43 Å². The van der Waals surface area contributed by atoms with Gasteiger partial charge in [0.05, 0.1) is 16.0 Å². The summed E-state index contributed by atoms with van der Waals surface area (Å²) < 4.78 is 78.5. The first-order valence-electron chi connectivity index (χ1n) is 8.37. The fraction of sp³-hybridized carbons (Fsp3) is 0.167. The zero-order valence-corrected chi connectivity index (χ0v) is 17.8. The van der Waals surface area contributed by atoms with Crippen LogP contribution in [0.2, 0.25) is 0 Å². The maximum atomic E-state index is 13.1. The van der Waals surface area contributed by atoms with E-state index in [0.717, 1.165) is 28.1 Å². The highest BCUT2D eigenvalue weighted by molar-refractivity contribution is 8.26. The van der Waals surface area contributed by atoms with Gasteiger partial charge in [0.25, 0.3) is 5.91 Å². The van der Waals surface area contributed by atoms with Crippen LogP contribution in [0.15, 0.2) is 34.6 Å². The molecule has 2 N–H and O–H groups in total. The SMILES string of the molecule is O=C(O)CNN1C(=O)/C(=C/c2cc(-c3cc(C(F)(F)F)cc(C(F)(F)F)c3)cs2)SC1=S. The summed E-state index contributed by atoms with van der Waals surface area (Å²) in [4.78, 5) is 23.5.